The van der Waals surface area contributed by atoms with E-state index in [1.165, 1.54) is 0 Å². The number of anilines is 1. The molecule has 0 aliphatic heterocycles. The van der Waals surface area contributed by atoms with Gasteiger partial charge in [0.15, 0.2) is 0 Å². The molecule has 0 spiro atoms. The van der Waals surface area contributed by atoms with Gasteiger partial charge < -0.3 is 10.8 Å². The van der Waals surface area contributed by atoms with Crippen molar-refractivity contribution in [1.29, 1.82) is 0 Å². The van der Waals surface area contributed by atoms with Gasteiger partial charge in [-0.25, -0.2) is 4.79 Å². The quantitative estimate of drug-likeness (QED) is 0.779. The van der Waals surface area contributed by atoms with Crippen molar-refractivity contribution in [1.82, 2.24) is 0 Å². The molecule has 0 saturated carbocycles. The average Bonchev–Trinajstić information content (AvgIpc) is 2.06. The van der Waals surface area contributed by atoms with Gasteiger partial charge in [-0.2, -0.15) is 13.2 Å². The molecule has 0 radical (unpaired) electrons. The minimum atomic E-state index is -4.67. The third-order valence-corrected chi connectivity index (χ3v) is 2.34. The Hall–Kier alpha value is -1.24. The van der Waals surface area contributed by atoms with Crippen LogP contribution < -0.4 is 5.73 Å². The number of alkyl halides is 3. The monoisotopic (exact) mass is 283 g/mol. The maximum Gasteiger partial charge on any atom is 0.418 e. The van der Waals surface area contributed by atoms with Crippen LogP contribution in [-0.2, 0) is 6.18 Å². The lowest BCUT2D eigenvalue weighted by Crippen LogP contribution is -2.11. The summed E-state index contributed by atoms with van der Waals surface area (Å²) in [5.41, 5.74) is 3.03. The summed E-state index contributed by atoms with van der Waals surface area (Å²) in [6.07, 6.45) is -4.67. The second-order valence-electron chi connectivity index (χ2n) is 2.72. The molecule has 0 saturated heterocycles. The van der Waals surface area contributed by atoms with Gasteiger partial charge in [0.2, 0.25) is 0 Å². The van der Waals surface area contributed by atoms with E-state index in [2.05, 4.69) is 15.9 Å². The number of nitrogen functional groups attached to an aromatic ring is 1. The van der Waals surface area contributed by atoms with Crippen LogP contribution in [0.25, 0.3) is 0 Å². The van der Waals surface area contributed by atoms with Crippen LogP contribution in [0.3, 0.4) is 0 Å². The lowest BCUT2D eigenvalue weighted by atomic mass is 10.1. The predicted molar refractivity (Wildman–Crippen MR) is 50.5 cm³/mol. The normalized spacial score (nSPS) is 11.5. The van der Waals surface area contributed by atoms with Gasteiger partial charge in [-0.1, -0.05) is 0 Å². The summed E-state index contributed by atoms with van der Waals surface area (Å²) in [5.74, 6) is -1.44. The van der Waals surface area contributed by atoms with Gasteiger partial charge in [0.1, 0.15) is 0 Å². The predicted octanol–water partition coefficient (Wildman–Crippen LogP) is 2.75. The van der Waals surface area contributed by atoms with E-state index in [-0.39, 0.29) is 4.47 Å². The molecule has 3 N–H and O–H groups in total. The Kier molecular flexibility index (Phi) is 2.94. The summed E-state index contributed by atoms with van der Waals surface area (Å²) in [7, 11) is 0. The Bertz CT molecular complexity index is 417. The Morgan fingerprint density at radius 2 is 1.93 bits per heavy atom. The van der Waals surface area contributed by atoms with Crippen LogP contribution in [0.2, 0.25) is 0 Å². The molecule has 1 aromatic rings. The van der Waals surface area contributed by atoms with Crippen LogP contribution in [-0.4, -0.2) is 11.1 Å². The molecule has 7 heteroatoms. The number of nitrogens with two attached hydrogens (primary N) is 1. The van der Waals surface area contributed by atoms with Crippen molar-refractivity contribution in [2.75, 3.05) is 5.73 Å². The van der Waals surface area contributed by atoms with Gasteiger partial charge in [-0.3, -0.25) is 0 Å². The highest BCUT2D eigenvalue weighted by Gasteiger charge is 2.34. The molecular weight excluding hydrogens is 279 g/mol. The Morgan fingerprint density at radius 1 is 1.40 bits per heavy atom. The lowest BCUT2D eigenvalue weighted by Gasteiger charge is -2.12. The molecule has 0 heterocycles. The highest BCUT2D eigenvalue weighted by Crippen LogP contribution is 2.37. The number of aromatic carboxylic acids is 1. The maximum absolute atomic E-state index is 12.4. The third-order valence-electron chi connectivity index (χ3n) is 1.68. The van der Waals surface area contributed by atoms with Crippen LogP contribution >= 0.6 is 15.9 Å². The molecule has 0 atom stereocenters. The summed E-state index contributed by atoms with van der Waals surface area (Å²) in [4.78, 5) is 10.5. The van der Waals surface area contributed by atoms with Gasteiger partial charge in [-0.15, -0.1) is 0 Å². The van der Waals surface area contributed by atoms with Crippen LogP contribution in [0.1, 0.15) is 15.9 Å². The summed E-state index contributed by atoms with van der Waals surface area (Å²) in [6.45, 7) is 0. The molecule has 0 aromatic heterocycles. The molecule has 0 aliphatic rings. The SMILES string of the molecule is Nc1c(Br)cc(C(=O)O)cc1C(F)(F)F. The van der Waals surface area contributed by atoms with E-state index in [0.29, 0.717) is 6.07 Å². The zero-order valence-corrected chi connectivity index (χ0v) is 8.69. The lowest BCUT2D eigenvalue weighted by molar-refractivity contribution is -0.136. The van der Waals surface area contributed by atoms with E-state index in [1.807, 2.05) is 0 Å². The molecular formula is C8H5BrF3NO2. The molecule has 1 rings (SSSR count). The highest BCUT2D eigenvalue weighted by molar-refractivity contribution is 9.10. The Morgan fingerprint density at radius 3 is 2.33 bits per heavy atom. The molecule has 0 bridgehead atoms. The molecule has 82 valence electrons. The number of benzene rings is 1. The zero-order chi connectivity index (χ0) is 11.8. The topological polar surface area (TPSA) is 63.3 Å². The van der Waals surface area contributed by atoms with E-state index in [4.69, 9.17) is 10.8 Å². The minimum absolute atomic E-state index is 0.0882. The van der Waals surface area contributed by atoms with Crippen molar-refractivity contribution < 1.29 is 23.1 Å². The van der Waals surface area contributed by atoms with Crippen molar-refractivity contribution in [3.63, 3.8) is 0 Å². The number of carboxylic acids is 1. The van der Waals surface area contributed by atoms with Crippen molar-refractivity contribution in [3.8, 4) is 0 Å². The fourth-order valence-electron chi connectivity index (χ4n) is 0.976. The van der Waals surface area contributed by atoms with E-state index in [0.717, 1.165) is 6.07 Å². The largest absolute Gasteiger partial charge is 0.478 e. The smallest absolute Gasteiger partial charge is 0.418 e. The zero-order valence-electron chi connectivity index (χ0n) is 7.10. The summed E-state index contributed by atoms with van der Waals surface area (Å²) >= 11 is 2.77. The number of halogens is 4. The van der Waals surface area contributed by atoms with Gasteiger partial charge in [0.25, 0.3) is 0 Å². The van der Waals surface area contributed by atoms with Gasteiger partial charge in [-0.05, 0) is 28.1 Å². The fraction of sp³-hybridized carbons (Fsp3) is 0.125. The van der Waals surface area contributed by atoms with Crippen LogP contribution in [0.5, 0.6) is 0 Å². The molecule has 0 amide bonds. The molecule has 15 heavy (non-hydrogen) atoms. The van der Waals surface area contributed by atoms with Crippen molar-refractivity contribution >= 4 is 27.6 Å². The van der Waals surface area contributed by atoms with Crippen molar-refractivity contribution in [2.45, 2.75) is 6.18 Å². The minimum Gasteiger partial charge on any atom is -0.478 e. The number of carbonyl (C=O) groups is 1. The molecule has 0 fully saturated rings. The average molecular weight is 284 g/mol. The summed E-state index contributed by atoms with van der Waals surface area (Å²) in [6, 6.07) is 1.52. The Labute approximate surface area is 90.8 Å². The van der Waals surface area contributed by atoms with Crippen LogP contribution in [0.4, 0.5) is 18.9 Å². The van der Waals surface area contributed by atoms with Crippen LogP contribution in [0.15, 0.2) is 16.6 Å². The standard InChI is InChI=1S/C8H5BrF3NO2/c9-5-2-3(7(14)15)1-4(6(5)13)8(10,11)12/h1-2H,13H2,(H,14,15). The first-order chi connectivity index (χ1) is 6.73. The summed E-state index contributed by atoms with van der Waals surface area (Å²) in [5, 5.41) is 8.56. The van der Waals surface area contributed by atoms with E-state index in [1.54, 1.807) is 0 Å². The second kappa shape index (κ2) is 3.73. The van der Waals surface area contributed by atoms with Crippen molar-refractivity contribution in [3.05, 3.63) is 27.7 Å². The number of carboxylic acid groups (broad SMARTS) is 1. The second-order valence-corrected chi connectivity index (χ2v) is 3.58. The number of hydrogen-bond acceptors (Lipinski definition) is 2. The van der Waals surface area contributed by atoms with Gasteiger partial charge in [0.05, 0.1) is 16.8 Å². The summed E-state index contributed by atoms with van der Waals surface area (Å²) < 4.78 is 37.0. The van der Waals surface area contributed by atoms with Crippen LogP contribution in [0, 0.1) is 0 Å². The molecule has 0 unspecified atom stereocenters. The van der Waals surface area contributed by atoms with Crippen molar-refractivity contribution in [2.24, 2.45) is 0 Å². The van der Waals surface area contributed by atoms with E-state index in [9.17, 15) is 18.0 Å². The third kappa shape index (κ3) is 2.41. The highest BCUT2D eigenvalue weighted by atomic mass is 79.9. The van der Waals surface area contributed by atoms with Gasteiger partial charge in [0, 0.05) is 4.47 Å². The first-order valence-corrected chi connectivity index (χ1v) is 4.42. The first kappa shape index (κ1) is 11.8. The fourth-order valence-corrected chi connectivity index (χ4v) is 1.44. The molecule has 3 nitrogen and oxygen atoms in total. The van der Waals surface area contributed by atoms with Gasteiger partial charge >= 0.3 is 12.1 Å². The number of hydrogen-bond donors (Lipinski definition) is 2. The Balaban J connectivity index is 3.45. The molecule has 0 aliphatic carbocycles. The first-order valence-electron chi connectivity index (χ1n) is 3.63. The van der Waals surface area contributed by atoms with E-state index < -0.39 is 29.0 Å². The van der Waals surface area contributed by atoms with E-state index >= 15 is 0 Å². The molecule has 1 aromatic carbocycles. The maximum atomic E-state index is 12.4. The number of rotatable bonds is 1.